The fourth-order valence-electron chi connectivity index (χ4n) is 7.51. The number of benzene rings is 6. The van der Waals surface area contributed by atoms with Crippen molar-refractivity contribution < 1.29 is 107 Å². The molecule has 0 aliphatic rings. The summed E-state index contributed by atoms with van der Waals surface area (Å²) in [6.07, 6.45) is -5.58. The van der Waals surface area contributed by atoms with Gasteiger partial charge in [-0.25, -0.2) is 92.6 Å². The third kappa shape index (κ3) is 9.06. The monoisotopic (exact) mass is 1090 g/mol. The van der Waals surface area contributed by atoms with E-state index in [1.807, 2.05) is 18.2 Å². The van der Waals surface area contributed by atoms with E-state index in [0.717, 1.165) is 5.39 Å². The molecule has 1 heterocycles. The third-order valence-electron chi connectivity index (χ3n) is 10.5. The predicted octanol–water partition coefficient (Wildman–Crippen LogP) is 10.3. The quantitative estimate of drug-likeness (QED) is 0.0223. The van der Waals surface area contributed by atoms with Crippen LogP contribution >= 0.6 is 34.8 Å². The summed E-state index contributed by atoms with van der Waals surface area (Å²) < 4.78 is 298. The Morgan fingerprint density at radius 1 is 0.423 bits per heavy atom. The molecule has 6 aromatic carbocycles. The molecule has 0 bridgehead atoms. The Bertz CT molecular complexity index is 2980. The lowest BCUT2D eigenvalue weighted by Crippen LogP contribution is -2.81. The summed E-state index contributed by atoms with van der Waals surface area (Å²) >= 11 is 16.8. The van der Waals surface area contributed by atoms with Crippen LogP contribution in [0.15, 0.2) is 66.9 Å². The number of esters is 1. The molecule has 0 saturated heterocycles. The van der Waals surface area contributed by atoms with Crippen LogP contribution in [0.3, 0.4) is 0 Å². The van der Waals surface area contributed by atoms with Crippen molar-refractivity contribution in [1.29, 1.82) is 0 Å². The molecule has 1 aromatic heterocycles. The number of alkyl halides is 3. The maximum Gasteiger partial charge on any atom is 0.407 e. The molecule has 0 spiro atoms. The summed E-state index contributed by atoms with van der Waals surface area (Å²) in [7, 11) is 0. The highest BCUT2D eigenvalue weighted by Gasteiger charge is 2.52. The smallest absolute Gasteiger partial charge is 0.406 e. The van der Waals surface area contributed by atoms with E-state index in [4.69, 9.17) is 39.5 Å². The van der Waals surface area contributed by atoms with E-state index in [-0.39, 0.29) is 18.0 Å². The number of Topliss-reactive ketones (excluding diaryl/α,β-unsaturated/α-hetero) is 1. The minimum absolute atomic E-state index is 0.0564. The van der Waals surface area contributed by atoms with Gasteiger partial charge in [-0.2, -0.15) is 4.57 Å². The molecule has 0 radical (unpaired) electrons. The first-order valence-electron chi connectivity index (χ1n) is 18.6. The summed E-state index contributed by atoms with van der Waals surface area (Å²) in [6.45, 7) is -0.0564. The second kappa shape index (κ2) is 19.9. The van der Waals surface area contributed by atoms with Crippen LogP contribution in [0.25, 0.3) is 10.8 Å². The maximum absolute atomic E-state index is 15.4. The van der Waals surface area contributed by atoms with Crippen LogP contribution in [-0.2, 0) is 11.3 Å². The summed E-state index contributed by atoms with van der Waals surface area (Å²) in [5.41, 5.74) is -13.7. The van der Waals surface area contributed by atoms with Crippen LogP contribution in [0.4, 0.5) is 87.8 Å². The number of carbonyl (C=O) groups excluding carboxylic acids is 2. The van der Waals surface area contributed by atoms with Gasteiger partial charge in [0.15, 0.2) is 76.0 Å². The molecule has 0 unspecified atom stereocenters. The molecule has 4 nitrogen and oxygen atoms in total. The second-order valence-electron chi connectivity index (χ2n) is 14.3. The number of hydrogen-bond acceptors (Lipinski definition) is 3. The van der Waals surface area contributed by atoms with E-state index < -0.39 is 154 Å². The lowest BCUT2D eigenvalue weighted by Gasteiger charge is -2.44. The van der Waals surface area contributed by atoms with Crippen molar-refractivity contribution in [2.45, 2.75) is 10.5 Å². The van der Waals surface area contributed by atoms with Crippen molar-refractivity contribution in [1.82, 2.24) is 0 Å². The van der Waals surface area contributed by atoms with Crippen molar-refractivity contribution in [3.05, 3.63) is 194 Å². The molecule has 0 aliphatic carbocycles. The Balaban J connectivity index is 0.000000268. The number of aromatic nitrogens is 1. The SMILES string of the molecule is Fc1c(F)c(F)c([B-](c2c(F)c(F)c(F)c(F)c2F)(c2c(F)c(F)c(F)c(F)c2F)c2c(F)c(F)c(F)c(F)c2F)c(F)c1F.O=C(C[n+]1ccc2ccccc2c1C(=O)OC(Cl)(Cl)Cl)c1ccccc1. The molecule has 7 aromatic rings. The first-order valence-corrected chi connectivity index (χ1v) is 19.7. The van der Waals surface area contributed by atoms with E-state index in [9.17, 15) is 62.3 Å². The molecule has 0 fully saturated rings. The summed E-state index contributed by atoms with van der Waals surface area (Å²) in [5, 5.41) is 1.39. The highest BCUT2D eigenvalue weighted by Crippen LogP contribution is 2.32. The zero-order valence-electron chi connectivity index (χ0n) is 33.5. The average molecular weight is 1090 g/mol. The Kier molecular flexibility index (Phi) is 15.1. The van der Waals surface area contributed by atoms with E-state index in [1.165, 1.54) is 4.57 Å². The fraction of sp³-hybridized carbons (Fsp3) is 0.0465. The number of pyridine rings is 1. The summed E-state index contributed by atoms with van der Waals surface area (Å²) in [4.78, 5) is 25.2. The lowest BCUT2D eigenvalue weighted by molar-refractivity contribution is -0.684. The molecule has 0 N–H and O–H groups in total. The van der Waals surface area contributed by atoms with Crippen LogP contribution in [0.5, 0.6) is 0 Å². The van der Waals surface area contributed by atoms with Gasteiger partial charge in [0, 0.05) is 11.6 Å². The van der Waals surface area contributed by atoms with E-state index in [2.05, 4.69) is 0 Å². The molecule has 0 saturated carbocycles. The van der Waals surface area contributed by atoms with Gasteiger partial charge >= 0.3 is 9.95 Å². The van der Waals surface area contributed by atoms with Gasteiger partial charge in [-0.3, -0.25) is 4.79 Å². The van der Waals surface area contributed by atoms with Gasteiger partial charge in [0.05, 0.1) is 5.39 Å². The molecule has 0 atom stereocenters. The second-order valence-corrected chi connectivity index (χ2v) is 16.5. The first-order chi connectivity index (χ1) is 33.1. The van der Waals surface area contributed by atoms with Crippen molar-refractivity contribution in [2.24, 2.45) is 0 Å². The van der Waals surface area contributed by atoms with E-state index in [1.54, 1.807) is 48.7 Å². The molecular weight excluding hydrogens is 1080 g/mol. The fourth-order valence-corrected chi connectivity index (χ4v) is 7.72. The van der Waals surface area contributed by atoms with Gasteiger partial charge in [-0.05, 0) is 46.3 Å². The van der Waals surface area contributed by atoms with E-state index in [0.29, 0.717) is 10.9 Å². The Hall–Kier alpha value is -6.60. The molecule has 7 rings (SSSR count). The Morgan fingerprint density at radius 3 is 1.04 bits per heavy atom. The zero-order chi connectivity index (χ0) is 53.1. The number of ether oxygens (including phenoxy) is 1. The molecular formula is C43H13BCl3F20NO3. The highest BCUT2D eigenvalue weighted by atomic mass is 35.6. The Morgan fingerprint density at radius 2 is 0.718 bits per heavy atom. The Labute approximate surface area is 396 Å². The largest absolute Gasteiger partial charge is 0.407 e. The van der Waals surface area contributed by atoms with Gasteiger partial charge in [-0.15, -0.1) is 21.9 Å². The van der Waals surface area contributed by atoms with Crippen molar-refractivity contribution in [2.75, 3.05) is 0 Å². The van der Waals surface area contributed by atoms with Gasteiger partial charge in [0.25, 0.3) is 5.69 Å². The topological polar surface area (TPSA) is 47.2 Å². The third-order valence-corrected chi connectivity index (χ3v) is 10.7. The van der Waals surface area contributed by atoms with Crippen molar-refractivity contribution in [3.8, 4) is 0 Å². The molecule has 372 valence electrons. The number of hydrogen-bond donors (Lipinski definition) is 0. The average Bonchev–Trinajstić information content (AvgIpc) is 3.33. The lowest BCUT2D eigenvalue weighted by atomic mass is 9.12. The molecule has 71 heavy (non-hydrogen) atoms. The number of carbonyl (C=O) groups is 2. The van der Waals surface area contributed by atoms with Crippen molar-refractivity contribution in [3.63, 3.8) is 0 Å². The van der Waals surface area contributed by atoms with Crippen LogP contribution in [-0.4, -0.2) is 21.9 Å². The number of nitrogens with zero attached hydrogens (tertiary/aromatic N) is 1. The zero-order valence-corrected chi connectivity index (χ0v) is 35.8. The van der Waals surface area contributed by atoms with Gasteiger partial charge in [0.2, 0.25) is 12.3 Å². The summed E-state index contributed by atoms with van der Waals surface area (Å²) in [6, 6.07) is 17.8. The highest BCUT2D eigenvalue weighted by molar-refractivity contribution is 7.20. The molecule has 0 amide bonds. The summed E-state index contributed by atoms with van der Waals surface area (Å²) in [5.74, 6) is -72.4. The minimum atomic E-state index is -7.22. The van der Waals surface area contributed by atoms with Crippen LogP contribution < -0.4 is 26.4 Å². The first kappa shape index (κ1) is 53.8. The number of rotatable bonds is 8. The molecule has 28 heteroatoms. The standard InChI is InChI=1S/C24BF20.C19H13Cl3NO3/c26-5-1(6(27)14(35)21(42)13(5)34)25(2-7(28)15(36)22(43)16(37)8(2)29,3-9(30)17(38)23(44)18(39)10(3)31)4-11(32)19(40)24(45)20(41)12(4)33;20-19(21,22)26-18(25)17-15-9-5-4-6-13(15)10-11-23(17)12-16(24)14-7-2-1-3-8-14/h;1-11H,12H2/q-1;+1. The predicted molar refractivity (Wildman–Crippen MR) is 210 cm³/mol. The molecule has 0 aliphatic heterocycles. The number of ketones is 1. The van der Waals surface area contributed by atoms with E-state index >= 15 is 35.1 Å². The number of fused-ring (bicyclic) bond motifs is 1. The van der Waals surface area contributed by atoms with Crippen LogP contribution in [0, 0.1) is 116 Å². The number of halogens is 23. The normalized spacial score (nSPS) is 11.8. The van der Waals surface area contributed by atoms with Gasteiger partial charge in [0.1, 0.15) is 52.7 Å². The van der Waals surface area contributed by atoms with Gasteiger partial charge < -0.3 is 4.74 Å². The van der Waals surface area contributed by atoms with Crippen molar-refractivity contribution >= 4 is 85.3 Å². The van der Waals surface area contributed by atoms with Crippen LogP contribution in [0.2, 0.25) is 0 Å². The minimum Gasteiger partial charge on any atom is -0.406 e. The van der Waals surface area contributed by atoms with Crippen LogP contribution in [0.1, 0.15) is 20.8 Å². The van der Waals surface area contributed by atoms with Gasteiger partial charge in [-0.1, -0.05) is 48.5 Å². The maximum atomic E-state index is 15.4.